The third kappa shape index (κ3) is 3.84. The van der Waals surface area contributed by atoms with E-state index >= 15 is 0 Å². The maximum Gasteiger partial charge on any atom is 0.317 e. The van der Waals surface area contributed by atoms with Crippen molar-refractivity contribution in [3.63, 3.8) is 0 Å². The van der Waals surface area contributed by atoms with Crippen LogP contribution < -0.4 is 5.32 Å². The van der Waals surface area contributed by atoms with Crippen LogP contribution in [0.1, 0.15) is 55.6 Å². The Balaban J connectivity index is 1.29. The molecule has 0 spiro atoms. The molecular weight excluding hydrogens is 312 g/mol. The summed E-state index contributed by atoms with van der Waals surface area (Å²) >= 11 is 0. The number of hydrogen-bond acceptors (Lipinski definition) is 2. The van der Waals surface area contributed by atoms with Gasteiger partial charge in [-0.05, 0) is 56.1 Å². The molecule has 1 aliphatic carbocycles. The van der Waals surface area contributed by atoms with E-state index in [-0.39, 0.29) is 6.03 Å². The molecule has 136 valence electrons. The molecule has 1 aromatic rings. The van der Waals surface area contributed by atoms with Gasteiger partial charge >= 0.3 is 6.03 Å². The lowest BCUT2D eigenvalue weighted by atomic mass is 9.88. The number of fused-ring (bicyclic) bond motifs is 1. The predicted molar refractivity (Wildman–Crippen MR) is 98.8 cm³/mol. The van der Waals surface area contributed by atoms with Crippen LogP contribution in [0.3, 0.4) is 0 Å². The minimum atomic E-state index is 0.116. The molecule has 3 atom stereocenters. The number of likely N-dealkylation sites (tertiary alicyclic amines) is 1. The van der Waals surface area contributed by atoms with E-state index in [9.17, 15) is 4.79 Å². The summed E-state index contributed by atoms with van der Waals surface area (Å²) < 4.78 is 5.97. The highest BCUT2D eigenvalue weighted by molar-refractivity contribution is 5.74. The Hall–Kier alpha value is -1.55. The number of aryl methyl sites for hydroxylation is 1. The number of nitrogens with zero attached hydrogens (tertiary/aromatic N) is 1. The highest BCUT2D eigenvalue weighted by Gasteiger charge is 2.31. The number of hydrogen-bond donors (Lipinski definition) is 1. The number of ether oxygens (including phenoxy) is 1. The van der Waals surface area contributed by atoms with Crippen molar-refractivity contribution in [1.29, 1.82) is 0 Å². The fourth-order valence-electron chi connectivity index (χ4n) is 4.82. The average molecular weight is 342 g/mol. The third-order valence-electron chi connectivity index (χ3n) is 6.24. The maximum atomic E-state index is 12.7. The summed E-state index contributed by atoms with van der Waals surface area (Å²) in [7, 11) is 0. The molecule has 4 heteroatoms. The first-order valence-electron chi connectivity index (χ1n) is 10.0. The summed E-state index contributed by atoms with van der Waals surface area (Å²) in [5, 5.41) is 3.20. The minimum absolute atomic E-state index is 0.116. The van der Waals surface area contributed by atoms with Gasteiger partial charge in [0.25, 0.3) is 0 Å². The van der Waals surface area contributed by atoms with E-state index in [0.717, 1.165) is 45.5 Å². The van der Waals surface area contributed by atoms with Crippen LogP contribution in [0.25, 0.3) is 0 Å². The zero-order valence-electron chi connectivity index (χ0n) is 15.1. The molecule has 0 bridgehead atoms. The molecule has 2 amide bonds. The van der Waals surface area contributed by atoms with Crippen LogP contribution in [-0.4, -0.2) is 43.3 Å². The van der Waals surface area contributed by atoms with Crippen molar-refractivity contribution in [1.82, 2.24) is 10.2 Å². The van der Waals surface area contributed by atoms with Gasteiger partial charge in [0, 0.05) is 38.1 Å². The van der Waals surface area contributed by atoms with E-state index in [1.54, 1.807) is 0 Å². The van der Waals surface area contributed by atoms with Crippen molar-refractivity contribution in [2.75, 3.05) is 26.2 Å². The van der Waals surface area contributed by atoms with E-state index in [1.165, 1.54) is 36.8 Å². The molecule has 0 radical (unpaired) electrons. The first-order valence-corrected chi connectivity index (χ1v) is 10.0. The predicted octanol–water partition coefficient (Wildman–Crippen LogP) is 3.71. The summed E-state index contributed by atoms with van der Waals surface area (Å²) in [5.74, 6) is 0.995. The lowest BCUT2D eigenvalue weighted by Crippen LogP contribution is -2.49. The maximum absolute atomic E-state index is 12.7. The second-order valence-electron chi connectivity index (χ2n) is 7.87. The van der Waals surface area contributed by atoms with Crippen molar-refractivity contribution in [2.45, 2.75) is 57.0 Å². The van der Waals surface area contributed by atoms with Gasteiger partial charge in [0.1, 0.15) is 0 Å². The van der Waals surface area contributed by atoms with Crippen molar-refractivity contribution < 1.29 is 9.53 Å². The van der Waals surface area contributed by atoms with Gasteiger partial charge in [-0.15, -0.1) is 0 Å². The Morgan fingerprint density at radius 3 is 2.96 bits per heavy atom. The summed E-state index contributed by atoms with van der Waals surface area (Å²) in [6.45, 7) is 3.40. The number of carbonyl (C=O) groups is 1. The molecule has 0 aromatic heterocycles. The van der Waals surface area contributed by atoms with E-state index < -0.39 is 0 Å². The smallest absolute Gasteiger partial charge is 0.317 e. The zero-order valence-corrected chi connectivity index (χ0v) is 15.1. The SMILES string of the molecule is O=C(NCC1CCc2ccccc21)N1CCCC(C2CCCCO2)C1. The monoisotopic (exact) mass is 342 g/mol. The normalized spacial score (nSPS) is 29.3. The van der Waals surface area contributed by atoms with Gasteiger partial charge in [-0.2, -0.15) is 0 Å². The molecule has 2 heterocycles. The standard InChI is InChI=1S/C21H30N2O2/c24-21(22-14-17-11-10-16-6-1-2-8-19(16)17)23-12-5-7-18(15-23)20-9-3-4-13-25-20/h1-2,6,8,17-18,20H,3-5,7,9-15H2,(H,22,24). The second-order valence-corrected chi connectivity index (χ2v) is 7.87. The number of amides is 2. The number of rotatable bonds is 3. The summed E-state index contributed by atoms with van der Waals surface area (Å²) in [4.78, 5) is 14.7. The summed E-state index contributed by atoms with van der Waals surface area (Å²) in [6.07, 6.45) is 8.59. The van der Waals surface area contributed by atoms with Crippen LogP contribution in [0.5, 0.6) is 0 Å². The Bertz CT molecular complexity index is 597. The highest BCUT2D eigenvalue weighted by atomic mass is 16.5. The second kappa shape index (κ2) is 7.77. The zero-order chi connectivity index (χ0) is 17.1. The minimum Gasteiger partial charge on any atom is -0.378 e. The van der Waals surface area contributed by atoms with Crippen molar-refractivity contribution in [2.24, 2.45) is 5.92 Å². The Morgan fingerprint density at radius 2 is 2.08 bits per heavy atom. The first-order chi connectivity index (χ1) is 12.3. The molecule has 2 saturated heterocycles. The number of piperidine rings is 1. The Morgan fingerprint density at radius 1 is 1.16 bits per heavy atom. The summed E-state index contributed by atoms with van der Waals surface area (Å²) in [5.41, 5.74) is 2.88. The number of carbonyl (C=O) groups excluding carboxylic acids is 1. The van der Waals surface area contributed by atoms with Gasteiger partial charge in [-0.1, -0.05) is 24.3 Å². The fraction of sp³-hybridized carbons (Fsp3) is 0.667. The van der Waals surface area contributed by atoms with Crippen molar-refractivity contribution in [3.05, 3.63) is 35.4 Å². The van der Waals surface area contributed by atoms with Gasteiger partial charge in [0.15, 0.2) is 0 Å². The molecule has 3 unspecified atom stereocenters. The van der Waals surface area contributed by atoms with Crippen LogP contribution in [0, 0.1) is 5.92 Å². The molecule has 0 saturated carbocycles. The molecular formula is C21H30N2O2. The Kier molecular flexibility index (Phi) is 5.25. The number of nitrogens with one attached hydrogen (secondary N) is 1. The molecule has 4 rings (SSSR count). The fourth-order valence-corrected chi connectivity index (χ4v) is 4.82. The molecule has 4 nitrogen and oxygen atoms in total. The largest absolute Gasteiger partial charge is 0.378 e. The molecule has 2 aliphatic heterocycles. The van der Waals surface area contributed by atoms with Gasteiger partial charge in [0.2, 0.25) is 0 Å². The van der Waals surface area contributed by atoms with Crippen molar-refractivity contribution in [3.8, 4) is 0 Å². The van der Waals surface area contributed by atoms with Crippen molar-refractivity contribution >= 4 is 6.03 Å². The molecule has 3 aliphatic rings. The van der Waals surface area contributed by atoms with Crippen LogP contribution in [0.15, 0.2) is 24.3 Å². The van der Waals surface area contributed by atoms with E-state index in [1.807, 2.05) is 4.90 Å². The van der Waals surface area contributed by atoms with E-state index in [0.29, 0.717) is 17.9 Å². The van der Waals surface area contributed by atoms with Crippen LogP contribution in [-0.2, 0) is 11.2 Å². The molecule has 2 fully saturated rings. The quantitative estimate of drug-likeness (QED) is 0.910. The van der Waals surface area contributed by atoms with Gasteiger partial charge < -0.3 is 15.0 Å². The highest BCUT2D eigenvalue weighted by Crippen LogP contribution is 2.32. The average Bonchev–Trinajstić information content (AvgIpc) is 3.10. The van der Waals surface area contributed by atoms with Crippen LogP contribution in [0.2, 0.25) is 0 Å². The van der Waals surface area contributed by atoms with Crippen LogP contribution in [0.4, 0.5) is 4.79 Å². The van der Waals surface area contributed by atoms with E-state index in [2.05, 4.69) is 29.6 Å². The lowest BCUT2D eigenvalue weighted by Gasteiger charge is -2.38. The molecule has 1 aromatic carbocycles. The summed E-state index contributed by atoms with van der Waals surface area (Å²) in [6, 6.07) is 8.77. The molecule has 25 heavy (non-hydrogen) atoms. The Labute approximate surface area is 150 Å². The van der Waals surface area contributed by atoms with Crippen LogP contribution >= 0.6 is 0 Å². The van der Waals surface area contributed by atoms with Gasteiger partial charge in [0.05, 0.1) is 6.10 Å². The van der Waals surface area contributed by atoms with E-state index in [4.69, 9.17) is 4.74 Å². The topological polar surface area (TPSA) is 41.6 Å². The van der Waals surface area contributed by atoms with Gasteiger partial charge in [-0.25, -0.2) is 4.79 Å². The lowest BCUT2D eigenvalue weighted by molar-refractivity contribution is -0.0365. The number of benzene rings is 1. The first kappa shape index (κ1) is 16.9. The number of urea groups is 1. The van der Waals surface area contributed by atoms with Gasteiger partial charge in [-0.3, -0.25) is 0 Å². The molecule has 1 N–H and O–H groups in total. The third-order valence-corrected chi connectivity index (χ3v) is 6.24.